The van der Waals surface area contributed by atoms with Crippen molar-refractivity contribution in [1.82, 2.24) is 19.9 Å². The number of aryl methyl sites for hydroxylation is 2. The topological polar surface area (TPSA) is 51.6 Å². The molecule has 0 atom stereocenters. The minimum atomic E-state index is 0.692. The number of hydrogen-bond acceptors (Lipinski definition) is 4. The summed E-state index contributed by atoms with van der Waals surface area (Å²) in [6.07, 6.45) is 0. The van der Waals surface area contributed by atoms with Crippen molar-refractivity contribution < 1.29 is 0 Å². The van der Waals surface area contributed by atoms with Crippen LogP contribution in [-0.4, -0.2) is 19.9 Å². The predicted molar refractivity (Wildman–Crippen MR) is 172 cm³/mol. The number of fused-ring (bicyclic) bond motifs is 1. The van der Waals surface area contributed by atoms with Crippen LogP contribution in [0.1, 0.15) is 11.5 Å². The van der Waals surface area contributed by atoms with Gasteiger partial charge in [0.2, 0.25) is 0 Å². The molecule has 0 unspecified atom stereocenters. The predicted octanol–water partition coefficient (Wildman–Crippen LogP) is 9.37. The summed E-state index contributed by atoms with van der Waals surface area (Å²) in [5.41, 5.74) is 9.88. The molecule has 4 nitrogen and oxygen atoms in total. The summed E-state index contributed by atoms with van der Waals surface area (Å²) in [5.74, 6) is 1.44. The van der Waals surface area contributed by atoms with Gasteiger partial charge in [0.05, 0.1) is 17.1 Å². The van der Waals surface area contributed by atoms with Crippen LogP contribution < -0.4 is 0 Å². The van der Waals surface area contributed by atoms with E-state index in [1.807, 2.05) is 56.3 Å². The van der Waals surface area contributed by atoms with E-state index in [0.29, 0.717) is 5.82 Å². The Morgan fingerprint density at radius 1 is 0.405 bits per heavy atom. The lowest BCUT2D eigenvalue weighted by Gasteiger charge is -2.14. The zero-order chi connectivity index (χ0) is 28.5. The zero-order valence-corrected chi connectivity index (χ0v) is 23.5. The Kier molecular flexibility index (Phi) is 6.57. The van der Waals surface area contributed by atoms with E-state index < -0.39 is 0 Å². The third kappa shape index (κ3) is 5.06. The largest absolute Gasteiger partial charge is 0.239 e. The number of rotatable bonds is 5. The van der Waals surface area contributed by atoms with E-state index in [1.54, 1.807) is 0 Å². The Hall–Kier alpha value is -5.48. The first-order valence-electron chi connectivity index (χ1n) is 14.1. The highest BCUT2D eigenvalue weighted by molar-refractivity contribution is 5.98. The smallest absolute Gasteiger partial charge is 0.160 e. The molecule has 0 aliphatic heterocycles. The van der Waals surface area contributed by atoms with E-state index in [2.05, 4.69) is 96.0 Å². The molecule has 0 fully saturated rings. The van der Waals surface area contributed by atoms with E-state index in [-0.39, 0.29) is 0 Å². The summed E-state index contributed by atoms with van der Waals surface area (Å²) in [4.78, 5) is 19.5. The molecular formula is C38H28N4. The zero-order valence-electron chi connectivity index (χ0n) is 23.5. The van der Waals surface area contributed by atoms with E-state index >= 15 is 0 Å². The van der Waals surface area contributed by atoms with Gasteiger partial charge in [-0.05, 0) is 66.1 Å². The van der Waals surface area contributed by atoms with Crippen molar-refractivity contribution in [3.05, 3.63) is 145 Å². The molecule has 0 amide bonds. The maximum atomic E-state index is 5.12. The summed E-state index contributed by atoms with van der Waals surface area (Å²) >= 11 is 0. The van der Waals surface area contributed by atoms with Crippen molar-refractivity contribution in [3.63, 3.8) is 0 Å². The molecule has 0 spiro atoms. The molecule has 5 aromatic carbocycles. The first-order chi connectivity index (χ1) is 20.6. The molecule has 0 bridgehead atoms. The van der Waals surface area contributed by atoms with Crippen molar-refractivity contribution in [1.29, 1.82) is 0 Å². The van der Waals surface area contributed by atoms with Gasteiger partial charge in [0, 0.05) is 27.9 Å². The highest BCUT2D eigenvalue weighted by Crippen LogP contribution is 2.36. The minimum absolute atomic E-state index is 0.692. The third-order valence-electron chi connectivity index (χ3n) is 7.42. The summed E-state index contributed by atoms with van der Waals surface area (Å²) < 4.78 is 0. The van der Waals surface area contributed by atoms with Crippen LogP contribution >= 0.6 is 0 Å². The van der Waals surface area contributed by atoms with Crippen LogP contribution in [0.25, 0.3) is 67.1 Å². The van der Waals surface area contributed by atoms with E-state index in [0.717, 1.165) is 56.4 Å². The molecule has 0 N–H and O–H groups in total. The molecule has 0 saturated heterocycles. The van der Waals surface area contributed by atoms with Gasteiger partial charge in [-0.25, -0.2) is 19.9 Å². The molecule has 2 aromatic heterocycles. The Labute approximate surface area is 245 Å². The molecule has 4 heteroatoms. The van der Waals surface area contributed by atoms with Gasteiger partial charge in [-0.2, -0.15) is 0 Å². The molecule has 7 rings (SSSR count). The van der Waals surface area contributed by atoms with Crippen LogP contribution in [0.15, 0.2) is 133 Å². The first-order valence-corrected chi connectivity index (χ1v) is 14.1. The highest BCUT2D eigenvalue weighted by Gasteiger charge is 2.15. The molecule has 0 saturated carbocycles. The van der Waals surface area contributed by atoms with Gasteiger partial charge in [-0.1, -0.05) is 103 Å². The van der Waals surface area contributed by atoms with Gasteiger partial charge in [0.1, 0.15) is 5.82 Å². The minimum Gasteiger partial charge on any atom is -0.239 e. The van der Waals surface area contributed by atoms with Crippen molar-refractivity contribution in [2.75, 3.05) is 0 Å². The SMILES string of the molecule is Cc1cc(-c2cc(-c3cc(-c4ccccc4)nc(-c4ccccc4)n3)cc(-c3cccc4ccccc34)c2)nc(C)n1. The van der Waals surface area contributed by atoms with Gasteiger partial charge in [0.15, 0.2) is 5.82 Å². The summed E-state index contributed by atoms with van der Waals surface area (Å²) in [7, 11) is 0. The molecule has 2 heterocycles. The van der Waals surface area contributed by atoms with Gasteiger partial charge in [-0.3, -0.25) is 0 Å². The molecule has 0 radical (unpaired) electrons. The van der Waals surface area contributed by atoms with Crippen molar-refractivity contribution >= 4 is 10.8 Å². The number of benzene rings is 5. The van der Waals surface area contributed by atoms with E-state index in [1.165, 1.54) is 16.3 Å². The van der Waals surface area contributed by atoms with Crippen LogP contribution in [0, 0.1) is 13.8 Å². The van der Waals surface area contributed by atoms with Gasteiger partial charge in [0.25, 0.3) is 0 Å². The van der Waals surface area contributed by atoms with Crippen molar-refractivity contribution in [2.45, 2.75) is 13.8 Å². The van der Waals surface area contributed by atoms with Gasteiger partial charge < -0.3 is 0 Å². The second-order valence-electron chi connectivity index (χ2n) is 10.5. The Morgan fingerprint density at radius 3 is 1.69 bits per heavy atom. The van der Waals surface area contributed by atoms with Crippen LogP contribution in [0.3, 0.4) is 0 Å². The maximum Gasteiger partial charge on any atom is 0.160 e. The Bertz CT molecular complexity index is 1970. The van der Waals surface area contributed by atoms with Crippen molar-refractivity contribution in [3.8, 4) is 56.3 Å². The highest BCUT2D eigenvalue weighted by atomic mass is 14.9. The lowest BCUT2D eigenvalue weighted by molar-refractivity contribution is 1.02. The Balaban J connectivity index is 1.50. The van der Waals surface area contributed by atoms with Crippen LogP contribution in [0.5, 0.6) is 0 Å². The normalized spacial score (nSPS) is 11.1. The molecule has 200 valence electrons. The third-order valence-corrected chi connectivity index (χ3v) is 7.42. The molecular weight excluding hydrogens is 512 g/mol. The standard InChI is InChI=1S/C38H28N4/c1-25-20-35(40-26(2)39-25)31-21-30(34-19-11-17-27-12-9-10-18-33(27)34)22-32(23-31)37-24-36(28-13-5-3-6-14-28)41-38(42-37)29-15-7-4-8-16-29/h3-24H,1-2H3. The van der Waals surface area contributed by atoms with E-state index in [4.69, 9.17) is 15.0 Å². The van der Waals surface area contributed by atoms with Crippen LogP contribution in [-0.2, 0) is 0 Å². The van der Waals surface area contributed by atoms with Gasteiger partial charge >= 0.3 is 0 Å². The molecule has 42 heavy (non-hydrogen) atoms. The second kappa shape index (κ2) is 10.8. The fourth-order valence-electron chi connectivity index (χ4n) is 5.49. The van der Waals surface area contributed by atoms with E-state index in [9.17, 15) is 0 Å². The number of aromatic nitrogens is 4. The van der Waals surface area contributed by atoms with Gasteiger partial charge in [-0.15, -0.1) is 0 Å². The first kappa shape index (κ1) is 25.5. The van der Waals surface area contributed by atoms with Crippen LogP contribution in [0.2, 0.25) is 0 Å². The average Bonchev–Trinajstić information content (AvgIpc) is 3.04. The summed E-state index contributed by atoms with van der Waals surface area (Å²) in [6, 6.07) is 46.2. The number of nitrogens with zero attached hydrogens (tertiary/aromatic N) is 4. The second-order valence-corrected chi connectivity index (χ2v) is 10.5. The fourth-order valence-corrected chi connectivity index (χ4v) is 5.49. The quantitative estimate of drug-likeness (QED) is 0.218. The summed E-state index contributed by atoms with van der Waals surface area (Å²) in [5, 5.41) is 2.41. The lowest BCUT2D eigenvalue weighted by Crippen LogP contribution is -1.97. The lowest BCUT2D eigenvalue weighted by atomic mass is 9.93. The fraction of sp³-hybridized carbons (Fsp3) is 0.0526. The number of hydrogen-bond donors (Lipinski definition) is 0. The maximum absolute atomic E-state index is 5.12. The Morgan fingerprint density at radius 2 is 0.976 bits per heavy atom. The average molecular weight is 541 g/mol. The molecule has 0 aliphatic rings. The summed E-state index contributed by atoms with van der Waals surface area (Å²) in [6.45, 7) is 3.95. The van der Waals surface area contributed by atoms with Crippen LogP contribution in [0.4, 0.5) is 0 Å². The van der Waals surface area contributed by atoms with Crippen molar-refractivity contribution in [2.24, 2.45) is 0 Å². The molecule has 7 aromatic rings. The monoisotopic (exact) mass is 540 g/mol. The molecule has 0 aliphatic carbocycles.